The van der Waals surface area contributed by atoms with Crippen LogP contribution in [-0.2, 0) is 16.0 Å². The molecule has 0 saturated heterocycles. The van der Waals surface area contributed by atoms with Crippen LogP contribution in [0.1, 0.15) is 16.9 Å². The highest BCUT2D eigenvalue weighted by atomic mass is 35.5. The summed E-state index contributed by atoms with van der Waals surface area (Å²) in [5.41, 5.74) is 7.37. The lowest BCUT2D eigenvalue weighted by molar-refractivity contribution is -0.119. The van der Waals surface area contributed by atoms with Crippen molar-refractivity contribution >= 4 is 62.9 Å². The van der Waals surface area contributed by atoms with Crippen molar-refractivity contribution in [2.45, 2.75) is 18.9 Å². The van der Waals surface area contributed by atoms with E-state index in [9.17, 15) is 9.59 Å². The van der Waals surface area contributed by atoms with Gasteiger partial charge in [-0.15, -0.1) is 11.3 Å². The van der Waals surface area contributed by atoms with Gasteiger partial charge >= 0.3 is 0 Å². The Kier molecular flexibility index (Phi) is 6.22. The van der Waals surface area contributed by atoms with Gasteiger partial charge in [0, 0.05) is 34.0 Å². The van der Waals surface area contributed by atoms with E-state index in [0.717, 1.165) is 10.4 Å². The van der Waals surface area contributed by atoms with Gasteiger partial charge in [-0.25, -0.2) is 4.98 Å². The predicted molar refractivity (Wildman–Crippen MR) is 124 cm³/mol. The Morgan fingerprint density at radius 3 is 2.55 bits per heavy atom. The van der Waals surface area contributed by atoms with Gasteiger partial charge < -0.3 is 5.73 Å². The average Bonchev–Trinajstić information content (AvgIpc) is 3.35. The molecule has 0 unspecified atom stereocenters. The fourth-order valence-corrected chi connectivity index (χ4v) is 4.63. The third-order valence-electron chi connectivity index (χ3n) is 4.60. The van der Waals surface area contributed by atoms with E-state index in [-0.39, 0.29) is 12.1 Å². The maximum atomic E-state index is 12.7. The molecule has 3 N–H and O–H groups in total. The van der Waals surface area contributed by atoms with Crippen molar-refractivity contribution in [1.82, 2.24) is 4.98 Å². The Bertz CT molecular complexity index is 1150. The van der Waals surface area contributed by atoms with Crippen molar-refractivity contribution in [2.75, 3.05) is 10.3 Å². The maximum Gasteiger partial charge on any atom is 0.273 e. The van der Waals surface area contributed by atoms with Crippen LogP contribution in [0.15, 0.2) is 59.8 Å². The lowest BCUT2D eigenvalue weighted by Crippen LogP contribution is -2.39. The molecule has 0 spiro atoms. The number of nitrogens with two attached hydrogens (primary N) is 1. The summed E-state index contributed by atoms with van der Waals surface area (Å²) in [7, 11) is 0. The lowest BCUT2D eigenvalue weighted by Gasteiger charge is -2.20. The number of anilines is 2. The van der Waals surface area contributed by atoms with Crippen molar-refractivity contribution in [3.8, 4) is 0 Å². The second kappa shape index (κ2) is 9.05. The monoisotopic (exact) mass is 473 g/mol. The number of para-hydroxylation sites is 1. The number of carbonyl (C=O) groups is 2. The molecule has 1 atom stereocenters. The van der Waals surface area contributed by atoms with Gasteiger partial charge in [0.2, 0.25) is 5.91 Å². The molecule has 2 heterocycles. The minimum atomic E-state index is -0.720. The van der Waals surface area contributed by atoms with Crippen LogP contribution < -0.4 is 16.1 Å². The zero-order valence-corrected chi connectivity index (χ0v) is 18.4. The van der Waals surface area contributed by atoms with Gasteiger partial charge in [-0.3, -0.25) is 19.9 Å². The van der Waals surface area contributed by atoms with Crippen molar-refractivity contribution in [1.29, 1.82) is 0 Å². The first-order chi connectivity index (χ1) is 14.9. The third kappa shape index (κ3) is 5.04. The van der Waals surface area contributed by atoms with Crippen LogP contribution in [0.3, 0.4) is 0 Å². The van der Waals surface area contributed by atoms with E-state index in [4.69, 9.17) is 28.9 Å². The molecule has 1 aliphatic rings. The topological polar surface area (TPSA) is 101 Å². The molecule has 158 valence electrons. The van der Waals surface area contributed by atoms with Crippen LogP contribution in [0.2, 0.25) is 10.0 Å². The number of nitrogens with one attached hydrogen (secondary N) is 1. The van der Waals surface area contributed by atoms with Crippen molar-refractivity contribution < 1.29 is 9.59 Å². The van der Waals surface area contributed by atoms with Gasteiger partial charge in [-0.05, 0) is 35.9 Å². The molecule has 0 fully saturated rings. The molecule has 0 bridgehead atoms. The standard InChI is InChI=1S/C21H17Cl2N5O2S/c22-13-6-12(7-14(23)9-13)8-16-11-25-21(31-16)26-20(30)17-10-18(19(24)29)28(27-17)15-4-2-1-3-5-15/h1-7,9,11,18H,8,10H2,(H2,24,29)(H,25,26,30)/t18-/m1/s1. The Labute approximate surface area is 192 Å². The highest BCUT2D eigenvalue weighted by Gasteiger charge is 2.35. The minimum absolute atomic E-state index is 0.120. The molecule has 1 aliphatic heterocycles. The average molecular weight is 474 g/mol. The summed E-state index contributed by atoms with van der Waals surface area (Å²) in [5, 5.41) is 10.1. The number of aromatic nitrogens is 1. The zero-order chi connectivity index (χ0) is 22.0. The SMILES string of the molecule is NC(=O)[C@H]1CC(C(=O)Nc2ncc(Cc3cc(Cl)cc(Cl)c3)s2)=NN1c1ccccc1. The largest absolute Gasteiger partial charge is 0.368 e. The number of hydrogen-bond donors (Lipinski definition) is 2. The second-order valence-corrected chi connectivity index (χ2v) is 8.88. The number of primary amides is 1. The number of nitrogens with zero attached hydrogens (tertiary/aromatic N) is 3. The molecule has 0 saturated carbocycles. The van der Waals surface area contributed by atoms with Gasteiger partial charge in [0.25, 0.3) is 5.91 Å². The van der Waals surface area contributed by atoms with Crippen LogP contribution in [0.4, 0.5) is 10.8 Å². The fraction of sp³-hybridized carbons (Fsp3) is 0.143. The summed E-state index contributed by atoms with van der Waals surface area (Å²) in [5.74, 6) is -0.969. The predicted octanol–water partition coefficient (Wildman–Crippen LogP) is 4.10. The van der Waals surface area contributed by atoms with E-state index in [1.54, 1.807) is 24.4 Å². The normalized spacial score (nSPS) is 15.6. The maximum absolute atomic E-state index is 12.7. The number of rotatable bonds is 6. The summed E-state index contributed by atoms with van der Waals surface area (Å²) in [6.07, 6.45) is 2.39. The molecule has 2 amide bonds. The molecule has 2 aromatic carbocycles. The molecule has 7 nitrogen and oxygen atoms in total. The molecule has 0 radical (unpaired) electrons. The van der Waals surface area contributed by atoms with E-state index in [1.165, 1.54) is 16.3 Å². The Hall–Kier alpha value is -2.94. The zero-order valence-electron chi connectivity index (χ0n) is 16.1. The van der Waals surface area contributed by atoms with Crippen LogP contribution >= 0.6 is 34.5 Å². The second-order valence-electron chi connectivity index (χ2n) is 6.89. The summed E-state index contributed by atoms with van der Waals surface area (Å²) in [4.78, 5) is 29.8. The summed E-state index contributed by atoms with van der Waals surface area (Å²) in [6, 6.07) is 13.7. The molecular formula is C21H17Cl2N5O2S. The number of hydrogen-bond acceptors (Lipinski definition) is 6. The Morgan fingerprint density at radius 2 is 1.87 bits per heavy atom. The number of halogens is 2. The first-order valence-corrected chi connectivity index (χ1v) is 10.9. The number of carbonyl (C=O) groups excluding carboxylic acids is 2. The molecule has 4 rings (SSSR count). The highest BCUT2D eigenvalue weighted by Crippen LogP contribution is 2.27. The number of benzene rings is 2. The van der Waals surface area contributed by atoms with E-state index in [1.807, 2.05) is 30.3 Å². The summed E-state index contributed by atoms with van der Waals surface area (Å²) in [6.45, 7) is 0. The van der Waals surface area contributed by atoms with Gasteiger partial charge in [0.15, 0.2) is 5.13 Å². The van der Waals surface area contributed by atoms with Crippen molar-refractivity contribution in [3.05, 3.63) is 75.2 Å². The fourth-order valence-electron chi connectivity index (χ4n) is 3.22. The number of amides is 2. The smallest absolute Gasteiger partial charge is 0.273 e. The molecule has 10 heteroatoms. The van der Waals surface area contributed by atoms with Gasteiger partial charge in [-0.1, -0.05) is 41.4 Å². The van der Waals surface area contributed by atoms with E-state index < -0.39 is 17.9 Å². The Morgan fingerprint density at radius 1 is 1.16 bits per heavy atom. The van der Waals surface area contributed by atoms with Crippen molar-refractivity contribution in [3.63, 3.8) is 0 Å². The number of hydrazone groups is 1. The molecule has 0 aliphatic carbocycles. The number of thiazole rings is 1. The van der Waals surface area contributed by atoms with Crippen LogP contribution in [0, 0.1) is 0 Å². The van der Waals surface area contributed by atoms with Crippen LogP contribution in [0.5, 0.6) is 0 Å². The highest BCUT2D eigenvalue weighted by molar-refractivity contribution is 7.15. The molecular weight excluding hydrogens is 457 g/mol. The van der Waals surface area contributed by atoms with Crippen LogP contribution in [0.25, 0.3) is 0 Å². The molecule has 31 heavy (non-hydrogen) atoms. The van der Waals surface area contributed by atoms with E-state index in [0.29, 0.717) is 27.3 Å². The van der Waals surface area contributed by atoms with Gasteiger partial charge in [0.05, 0.1) is 5.69 Å². The van der Waals surface area contributed by atoms with Crippen molar-refractivity contribution in [2.24, 2.45) is 10.8 Å². The summed E-state index contributed by atoms with van der Waals surface area (Å²) >= 11 is 13.4. The first kappa shape index (κ1) is 21.3. The molecule has 1 aromatic heterocycles. The third-order valence-corrected chi connectivity index (χ3v) is 5.95. The van der Waals surface area contributed by atoms with Crippen LogP contribution in [-0.4, -0.2) is 28.6 Å². The molecule has 3 aromatic rings. The first-order valence-electron chi connectivity index (χ1n) is 9.31. The quantitative estimate of drug-likeness (QED) is 0.562. The summed E-state index contributed by atoms with van der Waals surface area (Å²) < 4.78 is 0. The van der Waals surface area contributed by atoms with E-state index >= 15 is 0 Å². The lowest BCUT2D eigenvalue weighted by atomic mass is 10.1. The Balaban J connectivity index is 1.46. The van der Waals surface area contributed by atoms with Gasteiger partial charge in [0.1, 0.15) is 11.8 Å². The van der Waals surface area contributed by atoms with E-state index in [2.05, 4.69) is 15.4 Å². The van der Waals surface area contributed by atoms with Gasteiger partial charge in [-0.2, -0.15) is 5.10 Å². The minimum Gasteiger partial charge on any atom is -0.368 e.